The van der Waals surface area contributed by atoms with Gasteiger partial charge in [0.25, 0.3) is 0 Å². The van der Waals surface area contributed by atoms with Crippen molar-refractivity contribution in [3.63, 3.8) is 0 Å². The zero-order valence-electron chi connectivity index (χ0n) is 10.7. The van der Waals surface area contributed by atoms with E-state index in [4.69, 9.17) is 4.42 Å². The number of nitrogens with one attached hydrogen (secondary N) is 1. The van der Waals surface area contributed by atoms with Gasteiger partial charge in [0.15, 0.2) is 0 Å². The van der Waals surface area contributed by atoms with Crippen LogP contribution in [0.5, 0.6) is 0 Å². The monoisotopic (exact) mass is 229 g/mol. The standard InChI is InChI=1S/C15H19NO/c1-4-13-7-8-14(10-11(13)2)16-12(3)15-6-5-9-17-15/h5-10,12,16H,4H2,1-3H3. The molecule has 1 unspecified atom stereocenters. The molecular weight excluding hydrogens is 210 g/mol. The molecule has 0 aliphatic rings. The molecule has 0 bridgehead atoms. The molecule has 1 heterocycles. The van der Waals surface area contributed by atoms with Crippen molar-refractivity contribution in [3.05, 3.63) is 53.5 Å². The predicted molar refractivity (Wildman–Crippen MR) is 71.3 cm³/mol. The SMILES string of the molecule is CCc1ccc(NC(C)c2ccco2)cc1C. The molecule has 0 radical (unpaired) electrons. The zero-order chi connectivity index (χ0) is 12.3. The molecular formula is C15H19NO. The zero-order valence-corrected chi connectivity index (χ0v) is 10.7. The van der Waals surface area contributed by atoms with E-state index in [9.17, 15) is 0 Å². The molecule has 1 aromatic carbocycles. The van der Waals surface area contributed by atoms with E-state index in [2.05, 4.69) is 44.3 Å². The highest BCUT2D eigenvalue weighted by atomic mass is 16.3. The third-order valence-electron chi connectivity index (χ3n) is 3.08. The van der Waals surface area contributed by atoms with Gasteiger partial charge in [-0.1, -0.05) is 13.0 Å². The molecule has 17 heavy (non-hydrogen) atoms. The maximum Gasteiger partial charge on any atom is 0.125 e. The van der Waals surface area contributed by atoms with Crippen molar-refractivity contribution in [2.75, 3.05) is 5.32 Å². The van der Waals surface area contributed by atoms with Crippen LogP contribution in [-0.4, -0.2) is 0 Å². The molecule has 1 atom stereocenters. The molecule has 0 amide bonds. The van der Waals surface area contributed by atoms with Crippen LogP contribution in [0.25, 0.3) is 0 Å². The largest absolute Gasteiger partial charge is 0.467 e. The minimum atomic E-state index is 0.192. The van der Waals surface area contributed by atoms with Gasteiger partial charge in [-0.2, -0.15) is 0 Å². The van der Waals surface area contributed by atoms with Crippen LogP contribution in [0, 0.1) is 6.92 Å². The summed E-state index contributed by atoms with van der Waals surface area (Å²) < 4.78 is 5.38. The summed E-state index contributed by atoms with van der Waals surface area (Å²) in [4.78, 5) is 0. The Morgan fingerprint density at radius 2 is 2.12 bits per heavy atom. The van der Waals surface area contributed by atoms with Gasteiger partial charge in [-0.3, -0.25) is 0 Å². The Kier molecular flexibility index (Phi) is 3.52. The topological polar surface area (TPSA) is 25.2 Å². The quantitative estimate of drug-likeness (QED) is 0.844. The number of hydrogen-bond donors (Lipinski definition) is 1. The molecule has 2 rings (SSSR count). The highest BCUT2D eigenvalue weighted by Gasteiger charge is 2.08. The number of furan rings is 1. The van der Waals surface area contributed by atoms with Crippen molar-refractivity contribution in [2.24, 2.45) is 0 Å². The molecule has 2 aromatic rings. The van der Waals surface area contributed by atoms with Crippen LogP contribution in [0.3, 0.4) is 0 Å². The second-order valence-corrected chi connectivity index (χ2v) is 4.38. The number of aryl methyl sites for hydroxylation is 2. The fraction of sp³-hybridized carbons (Fsp3) is 0.333. The molecule has 0 spiro atoms. The lowest BCUT2D eigenvalue weighted by Gasteiger charge is -2.14. The number of hydrogen-bond acceptors (Lipinski definition) is 2. The van der Waals surface area contributed by atoms with Gasteiger partial charge in [-0.25, -0.2) is 0 Å². The molecule has 1 N–H and O–H groups in total. The van der Waals surface area contributed by atoms with Crippen molar-refractivity contribution in [2.45, 2.75) is 33.2 Å². The van der Waals surface area contributed by atoms with E-state index in [1.807, 2.05) is 12.1 Å². The summed E-state index contributed by atoms with van der Waals surface area (Å²) in [5.41, 5.74) is 3.88. The van der Waals surface area contributed by atoms with Gasteiger partial charge >= 0.3 is 0 Å². The maximum atomic E-state index is 5.38. The van der Waals surface area contributed by atoms with Crippen LogP contribution in [0.15, 0.2) is 41.0 Å². The third kappa shape index (κ3) is 2.70. The summed E-state index contributed by atoms with van der Waals surface area (Å²) in [6.07, 6.45) is 2.79. The van der Waals surface area contributed by atoms with Gasteiger partial charge in [0.1, 0.15) is 5.76 Å². The summed E-state index contributed by atoms with van der Waals surface area (Å²) in [6.45, 7) is 6.43. The Morgan fingerprint density at radius 1 is 1.29 bits per heavy atom. The van der Waals surface area contributed by atoms with E-state index >= 15 is 0 Å². The minimum absolute atomic E-state index is 0.192. The highest BCUT2D eigenvalue weighted by Crippen LogP contribution is 2.21. The molecule has 2 nitrogen and oxygen atoms in total. The van der Waals surface area contributed by atoms with Crippen LogP contribution in [0.4, 0.5) is 5.69 Å². The van der Waals surface area contributed by atoms with Crippen LogP contribution < -0.4 is 5.32 Å². The molecule has 0 saturated carbocycles. The van der Waals surface area contributed by atoms with Crippen molar-refractivity contribution in [1.29, 1.82) is 0 Å². The van der Waals surface area contributed by atoms with Crippen molar-refractivity contribution < 1.29 is 4.42 Å². The molecule has 0 saturated heterocycles. The van der Waals surface area contributed by atoms with E-state index in [1.54, 1.807) is 6.26 Å². The van der Waals surface area contributed by atoms with E-state index < -0.39 is 0 Å². The molecule has 1 aromatic heterocycles. The van der Waals surface area contributed by atoms with Gasteiger partial charge in [0.05, 0.1) is 12.3 Å². The van der Waals surface area contributed by atoms with Gasteiger partial charge < -0.3 is 9.73 Å². The molecule has 0 aliphatic carbocycles. The van der Waals surface area contributed by atoms with Gasteiger partial charge in [0, 0.05) is 5.69 Å². The number of rotatable bonds is 4. The van der Waals surface area contributed by atoms with Crippen molar-refractivity contribution in [1.82, 2.24) is 0 Å². The first-order valence-corrected chi connectivity index (χ1v) is 6.10. The summed E-state index contributed by atoms with van der Waals surface area (Å²) in [6, 6.07) is 10.6. The summed E-state index contributed by atoms with van der Waals surface area (Å²) in [7, 11) is 0. The van der Waals surface area contributed by atoms with E-state index in [0.717, 1.165) is 17.9 Å². The number of anilines is 1. The van der Waals surface area contributed by atoms with E-state index in [0.29, 0.717) is 0 Å². The lowest BCUT2D eigenvalue weighted by molar-refractivity contribution is 0.490. The minimum Gasteiger partial charge on any atom is -0.467 e. The first kappa shape index (κ1) is 11.8. The first-order chi connectivity index (χ1) is 8.20. The third-order valence-corrected chi connectivity index (χ3v) is 3.08. The Labute approximate surface area is 103 Å². The van der Waals surface area contributed by atoms with Gasteiger partial charge in [-0.05, 0) is 55.7 Å². The molecule has 2 heteroatoms. The highest BCUT2D eigenvalue weighted by molar-refractivity contribution is 5.49. The van der Waals surface area contributed by atoms with Gasteiger partial charge in [-0.15, -0.1) is 0 Å². The Bertz CT molecular complexity index is 474. The summed E-state index contributed by atoms with van der Waals surface area (Å²) in [5.74, 6) is 0.960. The van der Waals surface area contributed by atoms with Crippen LogP contribution in [0.1, 0.15) is 36.8 Å². The Morgan fingerprint density at radius 3 is 2.71 bits per heavy atom. The first-order valence-electron chi connectivity index (χ1n) is 6.10. The smallest absolute Gasteiger partial charge is 0.125 e. The lowest BCUT2D eigenvalue weighted by atomic mass is 10.1. The van der Waals surface area contributed by atoms with Crippen LogP contribution in [0.2, 0.25) is 0 Å². The molecule has 0 fully saturated rings. The molecule has 90 valence electrons. The van der Waals surface area contributed by atoms with E-state index in [-0.39, 0.29) is 6.04 Å². The fourth-order valence-corrected chi connectivity index (χ4v) is 2.04. The second kappa shape index (κ2) is 5.09. The van der Waals surface area contributed by atoms with E-state index in [1.165, 1.54) is 11.1 Å². The maximum absolute atomic E-state index is 5.38. The van der Waals surface area contributed by atoms with Crippen LogP contribution in [-0.2, 0) is 6.42 Å². The second-order valence-electron chi connectivity index (χ2n) is 4.38. The summed E-state index contributed by atoms with van der Waals surface area (Å²) >= 11 is 0. The fourth-order valence-electron chi connectivity index (χ4n) is 2.04. The lowest BCUT2D eigenvalue weighted by Crippen LogP contribution is -2.05. The number of benzene rings is 1. The Hall–Kier alpha value is -1.70. The summed E-state index contributed by atoms with van der Waals surface area (Å²) in [5, 5.41) is 3.44. The average Bonchev–Trinajstić information content (AvgIpc) is 2.82. The van der Waals surface area contributed by atoms with Crippen molar-refractivity contribution >= 4 is 5.69 Å². The average molecular weight is 229 g/mol. The molecule has 0 aliphatic heterocycles. The van der Waals surface area contributed by atoms with Gasteiger partial charge in [0.2, 0.25) is 0 Å². The Balaban J connectivity index is 2.11. The van der Waals surface area contributed by atoms with Crippen LogP contribution >= 0.6 is 0 Å². The predicted octanol–water partition coefficient (Wildman–Crippen LogP) is 4.32. The van der Waals surface area contributed by atoms with Crippen molar-refractivity contribution in [3.8, 4) is 0 Å². The normalized spacial score (nSPS) is 12.4.